The molecule has 0 N–H and O–H groups in total. The molecule has 0 aliphatic heterocycles. The predicted octanol–water partition coefficient (Wildman–Crippen LogP) is 4.82. The van der Waals surface area contributed by atoms with Crippen molar-refractivity contribution in [1.82, 2.24) is 0 Å². The Hall–Kier alpha value is -1.56. The van der Waals surface area contributed by atoms with E-state index in [2.05, 4.69) is 67.6 Å². The molecule has 0 saturated heterocycles. The minimum absolute atomic E-state index is 0.513. The average Bonchev–Trinajstić information content (AvgIpc) is 2.42. The maximum absolute atomic E-state index is 3.94. The smallest absolute Gasteiger partial charge is 0.00893 e. The summed E-state index contributed by atoms with van der Waals surface area (Å²) in [5.41, 5.74) is 2.82. The third kappa shape index (κ3) is 3.20. The van der Waals surface area contributed by atoms with Crippen LogP contribution < -0.4 is 0 Å². The molecule has 0 aliphatic carbocycles. The van der Waals surface area contributed by atoms with Crippen LogP contribution in [-0.2, 0) is 0 Å². The number of rotatable bonds is 5. The Kier molecular flexibility index (Phi) is 4.37. The van der Waals surface area contributed by atoms with E-state index >= 15 is 0 Å². The zero-order valence-electron chi connectivity index (χ0n) is 10.2. The van der Waals surface area contributed by atoms with E-state index in [9.17, 15) is 0 Å². The first kappa shape index (κ1) is 11.9. The molecule has 0 aliphatic rings. The highest BCUT2D eigenvalue weighted by Crippen LogP contribution is 2.29. The number of benzene rings is 2. The van der Waals surface area contributed by atoms with Crippen molar-refractivity contribution < 1.29 is 0 Å². The molecule has 2 aromatic rings. The van der Waals surface area contributed by atoms with Gasteiger partial charge in [0, 0.05) is 5.92 Å². The molecule has 0 saturated carbocycles. The van der Waals surface area contributed by atoms with Gasteiger partial charge in [0.05, 0.1) is 0 Å². The van der Waals surface area contributed by atoms with Crippen LogP contribution in [0.4, 0.5) is 0 Å². The fourth-order valence-electron chi connectivity index (χ4n) is 2.24. The Morgan fingerprint density at radius 2 is 1.24 bits per heavy atom. The molecular weight excluding hydrogens is 204 g/mol. The summed E-state index contributed by atoms with van der Waals surface area (Å²) < 4.78 is 0. The van der Waals surface area contributed by atoms with Gasteiger partial charge in [-0.05, 0) is 17.5 Å². The van der Waals surface area contributed by atoms with Crippen molar-refractivity contribution in [2.75, 3.05) is 0 Å². The standard InChI is InChI=1S/C17H19/c1-2-3-14-17(15-10-6-4-7-11-15)16-12-8-5-9-13-16/h4-13,17H,1-3,14H2. The normalized spacial score (nSPS) is 10.7. The van der Waals surface area contributed by atoms with E-state index < -0.39 is 0 Å². The van der Waals surface area contributed by atoms with Crippen molar-refractivity contribution >= 4 is 0 Å². The van der Waals surface area contributed by atoms with Crippen LogP contribution in [0.1, 0.15) is 36.3 Å². The number of hydrogen-bond acceptors (Lipinski definition) is 0. The summed E-state index contributed by atoms with van der Waals surface area (Å²) in [6, 6.07) is 21.5. The third-order valence-corrected chi connectivity index (χ3v) is 3.15. The van der Waals surface area contributed by atoms with E-state index in [0.717, 1.165) is 6.42 Å². The Bertz CT molecular complexity index is 377. The van der Waals surface area contributed by atoms with Crippen molar-refractivity contribution in [3.8, 4) is 0 Å². The van der Waals surface area contributed by atoms with Crippen molar-refractivity contribution in [2.24, 2.45) is 0 Å². The topological polar surface area (TPSA) is 0 Å². The minimum Gasteiger partial charge on any atom is -0.0622 e. The van der Waals surface area contributed by atoms with Gasteiger partial charge in [0.1, 0.15) is 0 Å². The molecule has 2 aromatic carbocycles. The van der Waals surface area contributed by atoms with Crippen molar-refractivity contribution in [1.29, 1.82) is 0 Å². The summed E-state index contributed by atoms with van der Waals surface area (Å²) in [5.74, 6) is 0.513. The molecule has 0 unspecified atom stereocenters. The SMILES string of the molecule is [CH2]CCCC(c1ccccc1)c1ccccc1. The van der Waals surface area contributed by atoms with Gasteiger partial charge in [0.2, 0.25) is 0 Å². The van der Waals surface area contributed by atoms with Crippen LogP contribution in [0, 0.1) is 6.92 Å². The molecule has 0 atom stereocenters. The van der Waals surface area contributed by atoms with E-state index in [1.54, 1.807) is 0 Å². The lowest BCUT2D eigenvalue weighted by Gasteiger charge is -2.17. The molecule has 0 fully saturated rings. The molecule has 0 aromatic heterocycles. The van der Waals surface area contributed by atoms with Gasteiger partial charge < -0.3 is 0 Å². The fourth-order valence-corrected chi connectivity index (χ4v) is 2.24. The quantitative estimate of drug-likeness (QED) is 0.681. The van der Waals surface area contributed by atoms with Crippen LogP contribution in [-0.4, -0.2) is 0 Å². The largest absolute Gasteiger partial charge is 0.0622 e. The van der Waals surface area contributed by atoms with Crippen LogP contribution in [0.25, 0.3) is 0 Å². The lowest BCUT2D eigenvalue weighted by atomic mass is 9.87. The van der Waals surface area contributed by atoms with E-state index in [-0.39, 0.29) is 0 Å². The van der Waals surface area contributed by atoms with Gasteiger partial charge in [0.15, 0.2) is 0 Å². The minimum atomic E-state index is 0.513. The van der Waals surface area contributed by atoms with Crippen LogP contribution in [0.5, 0.6) is 0 Å². The van der Waals surface area contributed by atoms with Crippen molar-refractivity contribution in [3.63, 3.8) is 0 Å². The van der Waals surface area contributed by atoms with Gasteiger partial charge in [0.25, 0.3) is 0 Å². The Morgan fingerprint density at radius 3 is 1.65 bits per heavy atom. The molecule has 0 spiro atoms. The molecule has 0 amide bonds. The van der Waals surface area contributed by atoms with Crippen LogP contribution >= 0.6 is 0 Å². The van der Waals surface area contributed by atoms with Gasteiger partial charge in [-0.2, -0.15) is 0 Å². The second kappa shape index (κ2) is 6.24. The maximum atomic E-state index is 3.94. The molecule has 0 heterocycles. The fraction of sp³-hybridized carbons (Fsp3) is 0.235. The summed E-state index contributed by atoms with van der Waals surface area (Å²) in [5, 5.41) is 0. The molecule has 17 heavy (non-hydrogen) atoms. The predicted molar refractivity (Wildman–Crippen MR) is 73.9 cm³/mol. The number of unbranched alkanes of at least 4 members (excludes halogenated alkanes) is 1. The lowest BCUT2D eigenvalue weighted by Crippen LogP contribution is -2.00. The van der Waals surface area contributed by atoms with Gasteiger partial charge >= 0.3 is 0 Å². The molecular formula is C17H19. The zero-order valence-corrected chi connectivity index (χ0v) is 10.2. The first-order valence-corrected chi connectivity index (χ1v) is 6.31. The molecule has 0 heteroatoms. The highest BCUT2D eigenvalue weighted by Gasteiger charge is 2.12. The highest BCUT2D eigenvalue weighted by molar-refractivity contribution is 5.32. The van der Waals surface area contributed by atoms with Gasteiger partial charge in [-0.25, -0.2) is 0 Å². The summed E-state index contributed by atoms with van der Waals surface area (Å²) >= 11 is 0. The Morgan fingerprint density at radius 1 is 0.765 bits per heavy atom. The van der Waals surface area contributed by atoms with Gasteiger partial charge in [-0.3, -0.25) is 0 Å². The molecule has 2 rings (SSSR count). The monoisotopic (exact) mass is 223 g/mol. The Labute approximate surface area is 104 Å². The average molecular weight is 223 g/mol. The lowest BCUT2D eigenvalue weighted by molar-refractivity contribution is 0.668. The molecule has 0 bridgehead atoms. The van der Waals surface area contributed by atoms with E-state index in [1.807, 2.05) is 0 Å². The summed E-state index contributed by atoms with van der Waals surface area (Å²) in [4.78, 5) is 0. The van der Waals surface area contributed by atoms with Crippen LogP contribution in [0.3, 0.4) is 0 Å². The van der Waals surface area contributed by atoms with Crippen LogP contribution in [0.15, 0.2) is 60.7 Å². The zero-order chi connectivity index (χ0) is 11.9. The first-order valence-electron chi connectivity index (χ1n) is 6.31. The first-order chi connectivity index (χ1) is 8.42. The highest BCUT2D eigenvalue weighted by atomic mass is 14.2. The second-order valence-electron chi connectivity index (χ2n) is 4.37. The van der Waals surface area contributed by atoms with E-state index in [0.29, 0.717) is 5.92 Å². The van der Waals surface area contributed by atoms with Gasteiger partial charge in [-0.1, -0.05) is 80.4 Å². The molecule has 87 valence electrons. The summed E-state index contributed by atoms with van der Waals surface area (Å²) in [7, 11) is 0. The van der Waals surface area contributed by atoms with Crippen molar-refractivity contribution in [2.45, 2.75) is 25.2 Å². The van der Waals surface area contributed by atoms with Crippen molar-refractivity contribution in [3.05, 3.63) is 78.7 Å². The molecule has 0 nitrogen and oxygen atoms in total. The number of hydrogen-bond donors (Lipinski definition) is 0. The Balaban J connectivity index is 2.26. The molecule has 1 radical (unpaired) electrons. The van der Waals surface area contributed by atoms with Crippen LogP contribution in [0.2, 0.25) is 0 Å². The summed E-state index contributed by atoms with van der Waals surface area (Å²) in [6.45, 7) is 3.94. The van der Waals surface area contributed by atoms with Gasteiger partial charge in [-0.15, -0.1) is 0 Å². The van der Waals surface area contributed by atoms with E-state index in [4.69, 9.17) is 0 Å². The van der Waals surface area contributed by atoms with E-state index in [1.165, 1.54) is 24.0 Å². The second-order valence-corrected chi connectivity index (χ2v) is 4.37. The third-order valence-electron chi connectivity index (χ3n) is 3.15. The summed E-state index contributed by atoms with van der Waals surface area (Å²) in [6.07, 6.45) is 3.36. The maximum Gasteiger partial charge on any atom is 0.00893 e.